The third kappa shape index (κ3) is 11.2. The molecule has 18 heteroatoms. The molecule has 0 bridgehead atoms. The van der Waals surface area contributed by atoms with Gasteiger partial charge < -0.3 is 47.8 Å². The SMILES string of the molecule is O=C(O)c1ccc2nc(-c3ccc(-c4ccccc4)cc3)oc2c1.O=C(O)c1cccc(-c2nc3cc(C(=O)N4CCOCC4)ccc3o2)c1.O=C(O)c1cccc(-c2nc3ccc(C(=O)N4CCOCC4)cc3o2)c1. The number of carbonyl (C=O) groups excluding carboxylic acids is 2. The fraction of sp³-hybridized carbons (Fsp3) is 0.138. The van der Waals surface area contributed by atoms with E-state index in [4.69, 9.17) is 38.0 Å². The molecule has 3 aromatic heterocycles. The van der Waals surface area contributed by atoms with Gasteiger partial charge in [0.1, 0.15) is 16.6 Å². The van der Waals surface area contributed by atoms with Crippen LogP contribution in [0, 0.1) is 0 Å². The Kier molecular flexibility index (Phi) is 14.5. The lowest BCUT2D eigenvalue weighted by Crippen LogP contribution is -2.40. The van der Waals surface area contributed by atoms with E-state index in [2.05, 4.69) is 27.1 Å². The number of nitrogens with zero attached hydrogens (tertiary/aromatic N) is 5. The van der Waals surface area contributed by atoms with Crippen LogP contribution < -0.4 is 0 Å². The maximum atomic E-state index is 12.6. The maximum absolute atomic E-state index is 12.6. The normalized spacial score (nSPS) is 13.4. The Morgan fingerprint density at radius 1 is 0.355 bits per heavy atom. The van der Waals surface area contributed by atoms with E-state index in [0.717, 1.165) is 16.7 Å². The molecule has 0 saturated carbocycles. The molecule has 2 aliphatic rings. The van der Waals surface area contributed by atoms with Crippen LogP contribution in [0.1, 0.15) is 51.8 Å². The number of carboxylic acid groups (broad SMARTS) is 3. The number of ether oxygens (including phenoxy) is 2. The van der Waals surface area contributed by atoms with Gasteiger partial charge in [-0.1, -0.05) is 54.6 Å². The van der Waals surface area contributed by atoms with Crippen LogP contribution in [0.15, 0.2) is 171 Å². The number of benzene rings is 7. The van der Waals surface area contributed by atoms with Gasteiger partial charge in [0.05, 0.1) is 43.1 Å². The molecule has 0 aliphatic carbocycles. The lowest BCUT2D eigenvalue weighted by Gasteiger charge is -2.26. The van der Waals surface area contributed by atoms with E-state index < -0.39 is 17.9 Å². The Hall–Kier alpha value is -9.78. The molecule has 3 N–H and O–H groups in total. The Morgan fingerprint density at radius 3 is 1.28 bits per heavy atom. The second kappa shape index (κ2) is 22.1. The van der Waals surface area contributed by atoms with Crippen LogP contribution in [0.3, 0.4) is 0 Å². The van der Waals surface area contributed by atoms with Crippen LogP contribution in [0.4, 0.5) is 0 Å². The van der Waals surface area contributed by atoms with Crippen molar-refractivity contribution in [2.75, 3.05) is 52.6 Å². The molecule has 5 heterocycles. The zero-order valence-corrected chi connectivity index (χ0v) is 40.3. The van der Waals surface area contributed by atoms with Crippen molar-refractivity contribution in [3.05, 3.63) is 186 Å². The number of carbonyl (C=O) groups is 5. The molecule has 7 aromatic carbocycles. The molecule has 0 atom stereocenters. The Bertz CT molecular complexity index is 3620. The fourth-order valence-corrected chi connectivity index (χ4v) is 8.45. The van der Waals surface area contributed by atoms with Crippen LogP contribution in [-0.2, 0) is 9.47 Å². The first kappa shape index (κ1) is 49.8. The van der Waals surface area contributed by atoms with Crippen molar-refractivity contribution in [2.45, 2.75) is 0 Å². The first-order valence-electron chi connectivity index (χ1n) is 24.0. The number of amides is 2. The monoisotopic (exact) mass is 1020 g/mol. The maximum Gasteiger partial charge on any atom is 0.335 e. The number of oxazole rings is 3. The zero-order chi connectivity index (χ0) is 52.7. The molecule has 0 spiro atoms. The van der Waals surface area contributed by atoms with Gasteiger partial charge in [0.2, 0.25) is 17.7 Å². The predicted molar refractivity (Wildman–Crippen MR) is 278 cm³/mol. The van der Waals surface area contributed by atoms with Crippen LogP contribution >= 0.6 is 0 Å². The van der Waals surface area contributed by atoms with Crippen molar-refractivity contribution in [3.63, 3.8) is 0 Å². The van der Waals surface area contributed by atoms with E-state index in [1.54, 1.807) is 76.5 Å². The Morgan fingerprint density at radius 2 is 0.750 bits per heavy atom. The quantitative estimate of drug-likeness (QED) is 0.122. The van der Waals surface area contributed by atoms with Gasteiger partial charge in [-0.05, 0) is 114 Å². The summed E-state index contributed by atoms with van der Waals surface area (Å²) in [6.07, 6.45) is 0. The van der Waals surface area contributed by atoms with Crippen molar-refractivity contribution in [2.24, 2.45) is 0 Å². The highest BCUT2D eigenvalue weighted by atomic mass is 16.5. The van der Waals surface area contributed by atoms with Gasteiger partial charge in [-0.2, -0.15) is 0 Å². The summed E-state index contributed by atoms with van der Waals surface area (Å²) >= 11 is 0. The molecular weight excluding hydrogens is 975 g/mol. The summed E-state index contributed by atoms with van der Waals surface area (Å²) in [5.41, 5.74) is 9.13. The number of aromatic nitrogens is 3. The summed E-state index contributed by atoms with van der Waals surface area (Å²) in [5, 5.41) is 27.3. The van der Waals surface area contributed by atoms with Gasteiger partial charge in [-0.15, -0.1) is 0 Å². The lowest BCUT2D eigenvalue weighted by molar-refractivity contribution is 0.0301. The topological polar surface area (TPSA) is 249 Å². The number of rotatable bonds is 9. The van der Waals surface area contributed by atoms with Crippen LogP contribution in [0.2, 0.25) is 0 Å². The minimum Gasteiger partial charge on any atom is -0.478 e. The summed E-state index contributed by atoms with van der Waals surface area (Å²) in [4.78, 5) is 75.2. The first-order chi connectivity index (χ1) is 36.9. The van der Waals surface area contributed by atoms with Crippen LogP contribution in [0.25, 0.3) is 78.8 Å². The minimum absolute atomic E-state index is 0.0624. The van der Waals surface area contributed by atoms with Crippen molar-refractivity contribution < 1.29 is 62.0 Å². The van der Waals surface area contributed by atoms with Crippen LogP contribution in [-0.4, -0.2) is 122 Å². The second-order valence-electron chi connectivity index (χ2n) is 17.4. The second-order valence-corrected chi connectivity index (χ2v) is 17.4. The minimum atomic E-state index is -1.01. The largest absolute Gasteiger partial charge is 0.478 e. The third-order valence-electron chi connectivity index (χ3n) is 12.5. The highest BCUT2D eigenvalue weighted by Gasteiger charge is 2.22. The number of hydrogen-bond donors (Lipinski definition) is 3. The smallest absolute Gasteiger partial charge is 0.335 e. The van der Waals surface area contributed by atoms with E-state index in [-0.39, 0.29) is 28.5 Å². The van der Waals surface area contributed by atoms with E-state index in [1.165, 1.54) is 36.4 Å². The molecule has 18 nitrogen and oxygen atoms in total. The van der Waals surface area contributed by atoms with Gasteiger partial charge in [0, 0.05) is 54.0 Å². The predicted octanol–water partition coefficient (Wildman–Crippen LogP) is 10.2. The summed E-state index contributed by atoms with van der Waals surface area (Å²) in [5.74, 6) is -2.02. The Balaban J connectivity index is 0.000000130. The van der Waals surface area contributed by atoms with Crippen molar-refractivity contribution >= 4 is 63.0 Å². The zero-order valence-electron chi connectivity index (χ0n) is 40.3. The fourth-order valence-electron chi connectivity index (χ4n) is 8.45. The first-order valence-corrected chi connectivity index (χ1v) is 24.0. The molecule has 76 heavy (non-hydrogen) atoms. The lowest BCUT2D eigenvalue weighted by atomic mass is 10.0. The van der Waals surface area contributed by atoms with Crippen molar-refractivity contribution in [1.82, 2.24) is 24.8 Å². The number of hydrogen-bond acceptors (Lipinski definition) is 13. The number of aromatic carboxylic acids is 3. The number of morpholine rings is 2. The standard InChI is InChI=1S/C20H13NO3.2C19H16N2O5/c22-20(23)16-10-11-17-18(12-16)24-19(21-17)15-8-6-14(7-9-15)13-4-2-1-3-5-13;22-18(21-6-8-25-9-7-21)13-4-5-16-15(11-13)20-17(26-16)12-2-1-3-14(10-12)19(23)24;22-18(21-6-8-25-9-7-21)13-4-5-15-16(11-13)26-17(20-15)12-2-1-3-14(10-12)19(23)24/h1-12H,(H,22,23);2*1-5,10-11H,6-9H2,(H,23,24). The molecule has 2 saturated heterocycles. The molecule has 2 amide bonds. The summed E-state index contributed by atoms with van der Waals surface area (Å²) in [6.45, 7) is 4.46. The van der Waals surface area contributed by atoms with Gasteiger partial charge >= 0.3 is 17.9 Å². The Labute approximate surface area is 432 Å². The summed E-state index contributed by atoms with van der Waals surface area (Å²) < 4.78 is 27.7. The van der Waals surface area contributed by atoms with Gasteiger partial charge in [0.15, 0.2) is 16.7 Å². The highest BCUT2D eigenvalue weighted by molar-refractivity contribution is 5.99. The summed E-state index contributed by atoms with van der Waals surface area (Å²) in [7, 11) is 0. The molecule has 2 fully saturated rings. The average molecular weight is 1020 g/mol. The third-order valence-corrected chi connectivity index (χ3v) is 12.5. The molecular formula is C58H45N5O13. The van der Waals surface area contributed by atoms with E-state index >= 15 is 0 Å². The highest BCUT2D eigenvalue weighted by Crippen LogP contribution is 2.30. The van der Waals surface area contributed by atoms with Gasteiger partial charge in [-0.3, -0.25) is 9.59 Å². The van der Waals surface area contributed by atoms with Crippen molar-refractivity contribution in [1.29, 1.82) is 0 Å². The van der Waals surface area contributed by atoms with E-state index in [1.807, 2.05) is 42.5 Å². The van der Waals surface area contributed by atoms with Crippen molar-refractivity contribution in [3.8, 4) is 45.5 Å². The van der Waals surface area contributed by atoms with Crippen LogP contribution in [0.5, 0.6) is 0 Å². The van der Waals surface area contributed by atoms with Gasteiger partial charge in [0.25, 0.3) is 11.8 Å². The number of fused-ring (bicyclic) bond motifs is 3. The van der Waals surface area contributed by atoms with E-state index in [9.17, 15) is 24.0 Å². The summed E-state index contributed by atoms with van der Waals surface area (Å²) in [6, 6.07) is 45.7. The molecule has 0 radical (unpaired) electrons. The van der Waals surface area contributed by atoms with E-state index in [0.29, 0.717) is 126 Å². The molecule has 380 valence electrons. The molecule has 10 aromatic rings. The molecule has 2 aliphatic heterocycles. The van der Waals surface area contributed by atoms with Gasteiger partial charge in [-0.25, -0.2) is 29.3 Å². The molecule has 12 rings (SSSR count). The number of carboxylic acids is 3. The average Bonchev–Trinajstić information content (AvgIpc) is 4.24. The molecule has 0 unspecified atom stereocenters.